The van der Waals surface area contributed by atoms with Gasteiger partial charge in [0, 0.05) is 13.7 Å². The molecule has 0 aromatic carbocycles. The number of aliphatic hydroxyl groups excluding tert-OH is 1. The zero-order valence-corrected chi connectivity index (χ0v) is 4.92. The first kappa shape index (κ1) is 7.94. The van der Waals surface area contributed by atoms with Crippen LogP contribution in [0, 0.1) is 0 Å². The number of rotatable bonds is 4. The van der Waals surface area contributed by atoms with Crippen LogP contribution in [0.5, 0.6) is 0 Å². The monoisotopic (exact) mass is 115 g/mol. The summed E-state index contributed by atoms with van der Waals surface area (Å²) in [5, 5.41) is 11.1. The lowest BCUT2D eigenvalue weighted by molar-refractivity contribution is 0.0680. The van der Waals surface area contributed by atoms with Gasteiger partial charge in [-0.2, -0.15) is 0 Å². The molecule has 3 nitrogen and oxygen atoms in total. The molecular weight excluding hydrogens is 105 g/mol. The third-order valence-electron chi connectivity index (χ3n) is 0.713. The van der Waals surface area contributed by atoms with E-state index in [-0.39, 0.29) is 0 Å². The van der Waals surface area contributed by atoms with Crippen molar-refractivity contribution in [3.63, 3.8) is 0 Å². The Morgan fingerprint density at radius 1 is 1.88 bits per heavy atom. The van der Waals surface area contributed by atoms with Gasteiger partial charge in [0.05, 0.1) is 12.7 Å². The Balaban J connectivity index is 2.92. The second kappa shape index (κ2) is 5.09. The average molecular weight is 115 g/mol. The molecule has 0 fully saturated rings. The number of methoxy groups -OCH3 is 1. The van der Waals surface area contributed by atoms with Gasteiger partial charge >= 0.3 is 0 Å². The molecule has 0 saturated heterocycles. The van der Waals surface area contributed by atoms with Crippen molar-refractivity contribution in [2.24, 2.45) is 0 Å². The highest BCUT2D eigenvalue weighted by molar-refractivity contribution is 6.04. The molecule has 4 heteroatoms. The maximum Gasteiger partial charge on any atom is 0.177 e. The molecule has 2 N–H and O–H groups in total. The number of hydrogen-bond acceptors (Lipinski definition) is 3. The average Bonchev–Trinajstić information content (AvgIpc) is 1.68. The van der Waals surface area contributed by atoms with Gasteiger partial charge in [-0.05, 0) is 0 Å². The maximum absolute atomic E-state index is 8.78. The van der Waals surface area contributed by atoms with Crippen molar-refractivity contribution in [3.8, 4) is 0 Å². The quantitative estimate of drug-likeness (QED) is 0.446. The summed E-state index contributed by atoms with van der Waals surface area (Å²) in [6.45, 7) is 0.692. The summed E-state index contributed by atoms with van der Waals surface area (Å²) in [5.41, 5.74) is 0. The molecule has 0 aliphatic heterocycles. The fourth-order valence-corrected chi connectivity index (χ4v) is 0.387. The second-order valence-electron chi connectivity index (χ2n) is 1.52. The molecule has 0 aromatic rings. The van der Waals surface area contributed by atoms with E-state index >= 15 is 0 Å². The summed E-state index contributed by atoms with van der Waals surface area (Å²) in [7, 11) is 6.42. The highest BCUT2D eigenvalue weighted by Gasteiger charge is 1.97. The molecule has 8 heavy (non-hydrogen) atoms. The largest absolute Gasteiger partial charge is 0.389 e. The lowest BCUT2D eigenvalue weighted by Crippen LogP contribution is -2.28. The van der Waals surface area contributed by atoms with Crippen LogP contribution < -0.4 is 5.23 Å². The Morgan fingerprint density at radius 2 is 2.50 bits per heavy atom. The summed E-state index contributed by atoms with van der Waals surface area (Å²) in [6, 6.07) is 0. The summed E-state index contributed by atoms with van der Waals surface area (Å²) in [4.78, 5) is 0. The molecular formula is C4H10BNO2. The molecule has 0 rings (SSSR count). The summed E-state index contributed by atoms with van der Waals surface area (Å²) >= 11 is 0. The lowest BCUT2D eigenvalue weighted by atomic mass is 10.3. The molecule has 0 saturated carbocycles. The van der Waals surface area contributed by atoms with Gasteiger partial charge in [0.2, 0.25) is 0 Å². The molecule has 0 aliphatic rings. The van der Waals surface area contributed by atoms with E-state index in [4.69, 9.17) is 13.1 Å². The first-order valence-corrected chi connectivity index (χ1v) is 2.41. The van der Waals surface area contributed by atoms with Gasteiger partial charge in [0.15, 0.2) is 7.98 Å². The molecule has 0 amide bonds. The second-order valence-corrected chi connectivity index (χ2v) is 1.52. The summed E-state index contributed by atoms with van der Waals surface area (Å²) in [6.07, 6.45) is -0.495. The number of ether oxygens (including phenoxy) is 1. The van der Waals surface area contributed by atoms with Crippen molar-refractivity contribution in [2.75, 3.05) is 20.3 Å². The van der Waals surface area contributed by atoms with Gasteiger partial charge in [-0.25, -0.2) is 0 Å². The zero-order valence-electron chi connectivity index (χ0n) is 4.92. The molecule has 0 bridgehead atoms. The van der Waals surface area contributed by atoms with E-state index in [1.165, 1.54) is 7.11 Å². The molecule has 0 spiro atoms. The Hall–Kier alpha value is -0.0551. The van der Waals surface area contributed by atoms with E-state index in [0.29, 0.717) is 13.2 Å². The van der Waals surface area contributed by atoms with Crippen LogP contribution in [0.15, 0.2) is 0 Å². The number of aliphatic hydroxyl groups is 1. The smallest absolute Gasteiger partial charge is 0.177 e. The van der Waals surface area contributed by atoms with Crippen LogP contribution in [0.4, 0.5) is 0 Å². The minimum absolute atomic E-state index is 0.324. The van der Waals surface area contributed by atoms with Crippen LogP contribution in [-0.4, -0.2) is 39.5 Å². The van der Waals surface area contributed by atoms with Crippen LogP contribution in [0.2, 0.25) is 0 Å². The first-order chi connectivity index (χ1) is 3.81. The Kier molecular flexibility index (Phi) is 5.05. The fraction of sp³-hybridized carbons (Fsp3) is 1.00. The molecule has 0 heterocycles. The van der Waals surface area contributed by atoms with Crippen LogP contribution in [-0.2, 0) is 4.74 Å². The third kappa shape index (κ3) is 4.11. The zero-order chi connectivity index (χ0) is 6.41. The predicted molar refractivity (Wildman–Crippen MR) is 31.6 cm³/mol. The number of hydrogen-bond donors (Lipinski definition) is 2. The topological polar surface area (TPSA) is 41.5 Å². The van der Waals surface area contributed by atoms with Crippen LogP contribution in [0.25, 0.3) is 0 Å². The standard InChI is InChI=1S/C4H10BNO2/c1-8-3-4(7)2-6-5/h4,6-7H,2-3H2,1H3. The highest BCUT2D eigenvalue weighted by atomic mass is 16.5. The summed E-state index contributed by atoms with van der Waals surface area (Å²) in [5.74, 6) is 0. The van der Waals surface area contributed by atoms with Crippen LogP contribution in [0.3, 0.4) is 0 Å². The van der Waals surface area contributed by atoms with Gasteiger partial charge in [0.25, 0.3) is 0 Å². The highest BCUT2D eigenvalue weighted by Crippen LogP contribution is 1.78. The van der Waals surface area contributed by atoms with Crippen molar-refractivity contribution in [2.45, 2.75) is 6.10 Å². The van der Waals surface area contributed by atoms with Gasteiger partial charge in [-0.1, -0.05) is 0 Å². The van der Waals surface area contributed by atoms with Gasteiger partial charge < -0.3 is 15.1 Å². The maximum atomic E-state index is 8.78. The van der Waals surface area contributed by atoms with E-state index in [1.807, 2.05) is 0 Å². The molecule has 2 radical (unpaired) electrons. The minimum Gasteiger partial charge on any atom is -0.389 e. The van der Waals surface area contributed by atoms with Crippen molar-refractivity contribution in [1.82, 2.24) is 5.23 Å². The SMILES string of the molecule is [B]NCC(O)COC. The van der Waals surface area contributed by atoms with E-state index < -0.39 is 6.10 Å². The Bertz CT molecular complexity index is 47.3. The van der Waals surface area contributed by atoms with Crippen LogP contribution >= 0.6 is 0 Å². The third-order valence-corrected chi connectivity index (χ3v) is 0.713. The molecule has 0 aromatic heterocycles. The van der Waals surface area contributed by atoms with Gasteiger partial charge in [-0.15, -0.1) is 0 Å². The first-order valence-electron chi connectivity index (χ1n) is 2.41. The molecule has 0 aliphatic carbocycles. The molecule has 46 valence electrons. The normalized spacial score (nSPS) is 13.8. The Morgan fingerprint density at radius 3 is 2.88 bits per heavy atom. The van der Waals surface area contributed by atoms with Crippen molar-refractivity contribution < 1.29 is 9.84 Å². The fourth-order valence-electron chi connectivity index (χ4n) is 0.387. The van der Waals surface area contributed by atoms with Gasteiger partial charge in [-0.3, -0.25) is 0 Å². The van der Waals surface area contributed by atoms with E-state index in [9.17, 15) is 0 Å². The van der Waals surface area contributed by atoms with Crippen molar-refractivity contribution in [1.29, 1.82) is 0 Å². The van der Waals surface area contributed by atoms with Gasteiger partial charge in [0.1, 0.15) is 0 Å². The Labute approximate surface area is 50.5 Å². The minimum atomic E-state index is -0.495. The van der Waals surface area contributed by atoms with Crippen molar-refractivity contribution in [3.05, 3.63) is 0 Å². The number of nitrogens with one attached hydrogen (secondary N) is 1. The predicted octanol–water partition coefficient (Wildman–Crippen LogP) is -1.33. The molecule has 1 unspecified atom stereocenters. The van der Waals surface area contributed by atoms with Crippen molar-refractivity contribution >= 4 is 7.98 Å². The van der Waals surface area contributed by atoms with Crippen LogP contribution in [0.1, 0.15) is 0 Å². The lowest BCUT2D eigenvalue weighted by Gasteiger charge is -2.06. The van der Waals surface area contributed by atoms with E-state index in [2.05, 4.69) is 9.96 Å². The summed E-state index contributed by atoms with van der Waals surface area (Å²) < 4.78 is 4.61. The van der Waals surface area contributed by atoms with E-state index in [1.54, 1.807) is 0 Å². The van der Waals surface area contributed by atoms with E-state index in [0.717, 1.165) is 0 Å². The molecule has 1 atom stereocenters.